The average Bonchev–Trinajstić information content (AvgIpc) is 2.76. The third-order valence-corrected chi connectivity index (χ3v) is 5.41. The van der Waals surface area contributed by atoms with E-state index in [4.69, 9.17) is 5.73 Å². The fraction of sp³-hybridized carbons (Fsp3) is 0.667. The number of nitrogens with two attached hydrogens (primary N) is 1. The number of carbonyl (C=O) groups is 1. The number of carbonyl (C=O) groups excluding carboxylic acids is 1. The molecule has 1 aromatic rings. The monoisotopic (exact) mass is 295 g/mol. The van der Waals surface area contributed by atoms with Crippen molar-refractivity contribution in [2.75, 3.05) is 24.1 Å². The van der Waals surface area contributed by atoms with Crippen LogP contribution in [0.4, 0.5) is 10.7 Å². The van der Waals surface area contributed by atoms with E-state index >= 15 is 0 Å². The van der Waals surface area contributed by atoms with E-state index < -0.39 is 0 Å². The minimum Gasteiger partial charge on any atom is -0.397 e. The van der Waals surface area contributed by atoms with Gasteiger partial charge in [0.1, 0.15) is 4.88 Å². The summed E-state index contributed by atoms with van der Waals surface area (Å²) in [4.78, 5) is 12.6. The lowest BCUT2D eigenvalue weighted by Crippen LogP contribution is -2.35. The van der Waals surface area contributed by atoms with Gasteiger partial charge in [0.2, 0.25) is 0 Å². The average molecular weight is 295 g/mol. The van der Waals surface area contributed by atoms with E-state index in [0.29, 0.717) is 22.5 Å². The van der Waals surface area contributed by atoms with Crippen LogP contribution in [0.5, 0.6) is 0 Å². The van der Waals surface area contributed by atoms with Crippen LogP contribution in [-0.4, -0.2) is 19.0 Å². The van der Waals surface area contributed by atoms with Gasteiger partial charge in [0.25, 0.3) is 5.91 Å². The number of thiophene rings is 1. The molecule has 4 N–H and O–H groups in total. The van der Waals surface area contributed by atoms with Crippen LogP contribution >= 0.6 is 11.3 Å². The second-order valence-electron chi connectivity index (χ2n) is 5.71. The molecule has 5 heteroatoms. The van der Waals surface area contributed by atoms with Gasteiger partial charge in [-0.05, 0) is 37.2 Å². The van der Waals surface area contributed by atoms with Crippen LogP contribution in [-0.2, 0) is 0 Å². The van der Waals surface area contributed by atoms with Gasteiger partial charge in [-0.25, -0.2) is 0 Å². The summed E-state index contributed by atoms with van der Waals surface area (Å²) in [5, 5.41) is 7.34. The molecule has 1 aromatic heterocycles. The predicted molar refractivity (Wildman–Crippen MR) is 86.4 cm³/mol. The van der Waals surface area contributed by atoms with Crippen molar-refractivity contribution in [1.29, 1.82) is 0 Å². The van der Waals surface area contributed by atoms with E-state index in [0.717, 1.165) is 18.0 Å². The summed E-state index contributed by atoms with van der Waals surface area (Å²) in [5.74, 6) is -0.0590. The van der Waals surface area contributed by atoms with E-state index in [9.17, 15) is 4.79 Å². The molecule has 2 rings (SSSR count). The Bertz CT molecular complexity index is 460. The predicted octanol–water partition coefficient (Wildman–Crippen LogP) is 3.46. The first-order chi connectivity index (χ1) is 9.60. The highest BCUT2D eigenvalue weighted by molar-refractivity contribution is 7.18. The van der Waals surface area contributed by atoms with Gasteiger partial charge in [-0.1, -0.05) is 20.3 Å². The molecule has 0 spiro atoms. The normalized spacial score (nSPS) is 16.5. The van der Waals surface area contributed by atoms with Crippen molar-refractivity contribution in [3.8, 4) is 0 Å². The first-order valence-corrected chi connectivity index (χ1v) is 8.33. The van der Waals surface area contributed by atoms with E-state index in [-0.39, 0.29) is 5.91 Å². The van der Waals surface area contributed by atoms with Crippen molar-refractivity contribution in [2.45, 2.75) is 46.0 Å². The van der Waals surface area contributed by atoms with Crippen LogP contribution < -0.4 is 16.4 Å². The Kier molecular flexibility index (Phi) is 4.91. The highest BCUT2D eigenvalue weighted by Crippen LogP contribution is 2.44. The molecular formula is C15H25N3OS. The van der Waals surface area contributed by atoms with Gasteiger partial charge in [0, 0.05) is 13.1 Å². The minimum absolute atomic E-state index is 0.0590. The highest BCUT2D eigenvalue weighted by Gasteiger charge is 2.34. The van der Waals surface area contributed by atoms with Crippen LogP contribution in [0.1, 0.15) is 55.6 Å². The summed E-state index contributed by atoms with van der Waals surface area (Å²) in [6.45, 7) is 5.97. The molecule has 0 unspecified atom stereocenters. The van der Waals surface area contributed by atoms with Crippen molar-refractivity contribution in [1.82, 2.24) is 5.32 Å². The number of hydrogen-bond acceptors (Lipinski definition) is 4. The number of nitrogens with one attached hydrogen (secondary N) is 2. The molecule has 1 saturated carbocycles. The number of hydrogen-bond donors (Lipinski definition) is 3. The van der Waals surface area contributed by atoms with Crippen molar-refractivity contribution in [3.63, 3.8) is 0 Å². The summed E-state index contributed by atoms with van der Waals surface area (Å²) in [7, 11) is 0. The van der Waals surface area contributed by atoms with Gasteiger partial charge in [-0.2, -0.15) is 0 Å². The van der Waals surface area contributed by atoms with Crippen molar-refractivity contribution in [2.24, 2.45) is 5.41 Å². The van der Waals surface area contributed by atoms with Crippen LogP contribution in [0, 0.1) is 5.41 Å². The van der Waals surface area contributed by atoms with Gasteiger partial charge < -0.3 is 16.4 Å². The molecule has 1 aliphatic rings. The van der Waals surface area contributed by atoms with Gasteiger partial charge in [-0.15, -0.1) is 11.3 Å². The van der Waals surface area contributed by atoms with Gasteiger partial charge in [0.15, 0.2) is 0 Å². The standard InChI is InChI=1S/C15H25N3OS/c1-3-8-17-14(19)13-11(16)9-12(20-13)18-10-15(4-2)6-5-7-15/h9,18H,3-8,10,16H2,1-2H3,(H,17,19). The zero-order valence-electron chi connectivity index (χ0n) is 12.4. The van der Waals surface area contributed by atoms with E-state index in [1.54, 1.807) is 0 Å². The summed E-state index contributed by atoms with van der Waals surface area (Å²) in [6.07, 6.45) is 6.10. The number of nitrogen functional groups attached to an aromatic ring is 1. The molecule has 20 heavy (non-hydrogen) atoms. The Morgan fingerprint density at radius 2 is 2.20 bits per heavy atom. The van der Waals surface area contributed by atoms with Crippen LogP contribution in [0.3, 0.4) is 0 Å². The Morgan fingerprint density at radius 3 is 2.75 bits per heavy atom. The summed E-state index contributed by atoms with van der Waals surface area (Å²) in [5.41, 5.74) is 6.98. The topological polar surface area (TPSA) is 67.2 Å². The van der Waals surface area contributed by atoms with E-state index in [2.05, 4.69) is 17.6 Å². The zero-order valence-corrected chi connectivity index (χ0v) is 13.2. The Hall–Kier alpha value is -1.23. The molecule has 1 aliphatic carbocycles. The molecule has 0 aromatic carbocycles. The SMILES string of the molecule is CCCNC(=O)c1sc(NCC2(CC)CCC2)cc1N. The Labute approximate surface area is 125 Å². The van der Waals surface area contributed by atoms with Crippen molar-refractivity contribution in [3.05, 3.63) is 10.9 Å². The van der Waals surface area contributed by atoms with Crippen molar-refractivity contribution >= 4 is 27.9 Å². The maximum absolute atomic E-state index is 12.0. The smallest absolute Gasteiger partial charge is 0.263 e. The van der Waals surface area contributed by atoms with Crippen LogP contribution in [0.2, 0.25) is 0 Å². The molecular weight excluding hydrogens is 270 g/mol. The molecule has 1 fully saturated rings. The van der Waals surface area contributed by atoms with E-state index in [1.807, 2.05) is 13.0 Å². The molecule has 1 amide bonds. The summed E-state index contributed by atoms with van der Waals surface area (Å²) >= 11 is 1.46. The maximum atomic E-state index is 12.0. The Morgan fingerprint density at radius 1 is 1.45 bits per heavy atom. The van der Waals surface area contributed by atoms with E-state index in [1.165, 1.54) is 37.0 Å². The quantitative estimate of drug-likeness (QED) is 0.721. The molecule has 0 saturated heterocycles. The van der Waals surface area contributed by atoms with Gasteiger partial charge >= 0.3 is 0 Å². The first-order valence-electron chi connectivity index (χ1n) is 7.51. The van der Waals surface area contributed by atoms with Gasteiger partial charge in [0.05, 0.1) is 10.7 Å². The van der Waals surface area contributed by atoms with Gasteiger partial charge in [-0.3, -0.25) is 4.79 Å². The molecule has 0 aliphatic heterocycles. The number of amides is 1. The lowest BCUT2D eigenvalue weighted by atomic mass is 9.67. The number of rotatable bonds is 7. The third kappa shape index (κ3) is 3.26. The lowest BCUT2D eigenvalue weighted by molar-refractivity contribution is 0.0958. The zero-order chi connectivity index (χ0) is 14.6. The summed E-state index contributed by atoms with van der Waals surface area (Å²) < 4.78 is 0. The fourth-order valence-corrected chi connectivity index (χ4v) is 3.49. The summed E-state index contributed by atoms with van der Waals surface area (Å²) in [6, 6.07) is 1.88. The van der Waals surface area contributed by atoms with Crippen LogP contribution in [0.15, 0.2) is 6.07 Å². The second kappa shape index (κ2) is 6.48. The van der Waals surface area contributed by atoms with Crippen LogP contribution in [0.25, 0.3) is 0 Å². The lowest BCUT2D eigenvalue weighted by Gasteiger charge is -2.41. The fourth-order valence-electron chi connectivity index (χ4n) is 2.60. The first kappa shape index (κ1) is 15.2. The molecule has 4 nitrogen and oxygen atoms in total. The second-order valence-corrected chi connectivity index (χ2v) is 6.76. The molecule has 0 radical (unpaired) electrons. The number of anilines is 2. The molecule has 112 valence electrons. The molecule has 1 heterocycles. The third-order valence-electron chi connectivity index (χ3n) is 4.30. The van der Waals surface area contributed by atoms with Crippen molar-refractivity contribution < 1.29 is 4.79 Å². The largest absolute Gasteiger partial charge is 0.397 e. The molecule has 0 bridgehead atoms. The molecule has 0 atom stereocenters. The Balaban J connectivity index is 1.95. The maximum Gasteiger partial charge on any atom is 0.263 e. The highest BCUT2D eigenvalue weighted by atomic mass is 32.1. The minimum atomic E-state index is -0.0590.